The number of carbonyl (C=O) groups excluding carboxylic acids is 2. The summed E-state index contributed by atoms with van der Waals surface area (Å²) in [5.41, 5.74) is 1.19. The number of allylic oxidation sites excluding steroid dienone is 4. The quantitative estimate of drug-likeness (QED) is 0.699. The van der Waals surface area contributed by atoms with Gasteiger partial charge < -0.3 is 0 Å². The van der Waals surface area contributed by atoms with Crippen molar-refractivity contribution in [2.75, 3.05) is 0 Å². The van der Waals surface area contributed by atoms with Crippen molar-refractivity contribution in [3.05, 3.63) is 94.0 Å². The predicted molar refractivity (Wildman–Crippen MR) is 104 cm³/mol. The third-order valence-corrected chi connectivity index (χ3v) is 4.23. The lowest BCUT2D eigenvalue weighted by atomic mass is 10.1. The molecule has 0 fully saturated rings. The lowest BCUT2D eigenvalue weighted by Gasteiger charge is -2.10. The molecule has 2 aromatic carbocycles. The highest BCUT2D eigenvalue weighted by molar-refractivity contribution is 6.59. The van der Waals surface area contributed by atoms with Crippen LogP contribution in [0.2, 0.25) is 0 Å². The molecule has 0 unspecified atom stereocenters. The summed E-state index contributed by atoms with van der Waals surface area (Å²) in [5, 5.41) is 0.440. The van der Waals surface area contributed by atoms with E-state index in [1.165, 1.54) is 12.2 Å². The van der Waals surface area contributed by atoms with Crippen LogP contribution < -0.4 is 0 Å². The minimum Gasteiger partial charge on any atom is -0.267 e. The highest BCUT2D eigenvalue weighted by Gasteiger charge is 2.18. The Labute approximate surface area is 160 Å². The van der Waals surface area contributed by atoms with Gasteiger partial charge in [-0.3, -0.25) is 9.59 Å². The zero-order chi connectivity index (χ0) is 18.5. The predicted octanol–water partition coefficient (Wildman–Crippen LogP) is 4.81. The van der Waals surface area contributed by atoms with Crippen molar-refractivity contribution in [1.29, 1.82) is 0 Å². The van der Waals surface area contributed by atoms with Crippen molar-refractivity contribution in [3.63, 3.8) is 0 Å². The smallest absolute Gasteiger partial charge is 0.267 e. The molecule has 0 aliphatic heterocycles. The Morgan fingerprint density at radius 2 is 0.962 bits per heavy atom. The van der Waals surface area contributed by atoms with Crippen LogP contribution in [-0.4, -0.2) is 23.2 Å². The first-order valence-corrected chi connectivity index (χ1v) is 8.41. The van der Waals surface area contributed by atoms with E-state index in [9.17, 15) is 9.59 Å². The van der Waals surface area contributed by atoms with Crippen molar-refractivity contribution in [3.8, 4) is 0 Å². The first-order valence-electron chi connectivity index (χ1n) is 7.66. The SMILES string of the molecule is O=C(N=C1C=C(Cl)C(Cl)=CC1=NC(=O)c1ccccc1)c1ccccc1. The molecule has 4 nitrogen and oxygen atoms in total. The highest BCUT2D eigenvalue weighted by Crippen LogP contribution is 2.24. The second-order valence-electron chi connectivity index (χ2n) is 5.32. The molecule has 0 spiro atoms. The summed E-state index contributed by atoms with van der Waals surface area (Å²) >= 11 is 12.1. The van der Waals surface area contributed by atoms with Gasteiger partial charge in [0.1, 0.15) is 0 Å². The van der Waals surface area contributed by atoms with Crippen LogP contribution in [0.1, 0.15) is 20.7 Å². The summed E-state index contributed by atoms with van der Waals surface area (Å²) in [7, 11) is 0. The molecule has 1 aliphatic carbocycles. The third-order valence-electron chi connectivity index (χ3n) is 3.50. The molecule has 26 heavy (non-hydrogen) atoms. The van der Waals surface area contributed by atoms with Crippen molar-refractivity contribution in [1.82, 2.24) is 0 Å². The minimum atomic E-state index is -0.465. The van der Waals surface area contributed by atoms with E-state index in [2.05, 4.69) is 9.98 Å². The summed E-state index contributed by atoms with van der Waals surface area (Å²) in [6.07, 6.45) is 2.84. The lowest BCUT2D eigenvalue weighted by molar-refractivity contribution is 0.0993. The topological polar surface area (TPSA) is 58.9 Å². The van der Waals surface area contributed by atoms with E-state index in [4.69, 9.17) is 23.2 Å². The van der Waals surface area contributed by atoms with Gasteiger partial charge in [0.15, 0.2) is 0 Å². The van der Waals surface area contributed by atoms with E-state index in [0.717, 1.165) is 0 Å². The van der Waals surface area contributed by atoms with Gasteiger partial charge >= 0.3 is 0 Å². The Balaban J connectivity index is 1.99. The average molecular weight is 383 g/mol. The molecular weight excluding hydrogens is 371 g/mol. The molecule has 3 rings (SSSR count). The van der Waals surface area contributed by atoms with Crippen LogP contribution in [0.15, 0.2) is 92.9 Å². The molecule has 1 aliphatic rings. The largest absolute Gasteiger partial charge is 0.277 e. The van der Waals surface area contributed by atoms with Crippen molar-refractivity contribution < 1.29 is 9.59 Å². The number of nitrogens with zero attached hydrogens (tertiary/aromatic N) is 2. The second-order valence-corrected chi connectivity index (χ2v) is 6.14. The van der Waals surface area contributed by atoms with E-state index < -0.39 is 11.8 Å². The first kappa shape index (κ1) is 18.0. The fourth-order valence-corrected chi connectivity index (χ4v) is 2.53. The number of hydrogen-bond donors (Lipinski definition) is 0. The number of amides is 2. The Hall–Kier alpha value is -2.82. The van der Waals surface area contributed by atoms with Crippen LogP contribution in [0.4, 0.5) is 0 Å². The molecule has 0 saturated heterocycles. The Kier molecular flexibility index (Phi) is 5.56. The summed E-state index contributed by atoms with van der Waals surface area (Å²) in [5.74, 6) is -0.930. The van der Waals surface area contributed by atoms with E-state index in [1.54, 1.807) is 60.7 Å². The summed E-state index contributed by atoms with van der Waals surface area (Å²) in [4.78, 5) is 32.8. The Morgan fingerprint density at radius 1 is 0.615 bits per heavy atom. The van der Waals surface area contributed by atoms with Gasteiger partial charge in [0.2, 0.25) is 0 Å². The standard InChI is InChI=1S/C20H12Cl2N2O2/c21-15-11-17(23-19(25)13-7-3-1-4-8-13)18(12-16(15)22)24-20(26)14-9-5-2-6-10-14/h1-12H. The van der Waals surface area contributed by atoms with Crippen LogP contribution in [0.5, 0.6) is 0 Å². The van der Waals surface area contributed by atoms with Crippen LogP contribution in [0.3, 0.4) is 0 Å². The van der Waals surface area contributed by atoms with E-state index in [-0.39, 0.29) is 21.5 Å². The number of hydrogen-bond acceptors (Lipinski definition) is 2. The third kappa shape index (κ3) is 4.23. The molecule has 0 saturated carbocycles. The second kappa shape index (κ2) is 8.04. The molecule has 2 amide bonds. The zero-order valence-corrected chi connectivity index (χ0v) is 14.9. The van der Waals surface area contributed by atoms with Gasteiger partial charge in [-0.15, -0.1) is 0 Å². The van der Waals surface area contributed by atoms with Gasteiger partial charge in [-0.25, -0.2) is 9.98 Å². The number of halogens is 2. The number of aliphatic imine (C=N–C) groups is 2. The van der Waals surface area contributed by atoms with E-state index in [0.29, 0.717) is 11.1 Å². The van der Waals surface area contributed by atoms with Gasteiger partial charge in [0.25, 0.3) is 11.8 Å². The summed E-state index contributed by atoms with van der Waals surface area (Å²) in [6.45, 7) is 0. The van der Waals surface area contributed by atoms with Crippen molar-refractivity contribution in [2.24, 2.45) is 9.98 Å². The fraction of sp³-hybridized carbons (Fsp3) is 0. The monoisotopic (exact) mass is 382 g/mol. The Morgan fingerprint density at radius 3 is 1.31 bits per heavy atom. The molecule has 0 aromatic heterocycles. The highest BCUT2D eigenvalue weighted by atomic mass is 35.5. The molecule has 0 bridgehead atoms. The summed E-state index contributed by atoms with van der Waals surface area (Å²) < 4.78 is 0. The maximum atomic E-state index is 12.3. The van der Waals surface area contributed by atoms with E-state index in [1.807, 2.05) is 0 Å². The molecule has 0 radical (unpaired) electrons. The molecule has 0 atom stereocenters. The Bertz CT molecular complexity index is 894. The lowest BCUT2D eigenvalue weighted by Crippen LogP contribution is -2.18. The zero-order valence-electron chi connectivity index (χ0n) is 13.4. The van der Waals surface area contributed by atoms with Crippen LogP contribution in [0, 0.1) is 0 Å². The van der Waals surface area contributed by atoms with Crippen LogP contribution in [-0.2, 0) is 0 Å². The molecule has 6 heteroatoms. The molecule has 0 N–H and O–H groups in total. The normalized spacial score (nSPS) is 17.0. The minimum absolute atomic E-state index is 0.178. The van der Waals surface area contributed by atoms with Gasteiger partial charge in [0.05, 0.1) is 21.5 Å². The van der Waals surface area contributed by atoms with Gasteiger partial charge in [-0.05, 0) is 36.4 Å². The fourth-order valence-electron chi connectivity index (χ4n) is 2.21. The molecule has 0 heterocycles. The first-order chi connectivity index (χ1) is 12.5. The van der Waals surface area contributed by atoms with Gasteiger partial charge in [0, 0.05) is 11.1 Å². The van der Waals surface area contributed by atoms with Crippen molar-refractivity contribution >= 4 is 46.4 Å². The molecule has 128 valence electrons. The summed E-state index contributed by atoms with van der Waals surface area (Å²) in [6, 6.07) is 17.1. The molecular formula is C20H12Cl2N2O2. The van der Waals surface area contributed by atoms with Crippen LogP contribution >= 0.6 is 23.2 Å². The maximum absolute atomic E-state index is 12.3. The van der Waals surface area contributed by atoms with E-state index >= 15 is 0 Å². The van der Waals surface area contributed by atoms with Crippen molar-refractivity contribution in [2.45, 2.75) is 0 Å². The number of benzene rings is 2. The average Bonchev–Trinajstić information content (AvgIpc) is 2.67. The van der Waals surface area contributed by atoms with Gasteiger partial charge in [-0.2, -0.15) is 0 Å². The van der Waals surface area contributed by atoms with Crippen LogP contribution in [0.25, 0.3) is 0 Å². The van der Waals surface area contributed by atoms with Gasteiger partial charge in [-0.1, -0.05) is 59.6 Å². The molecule has 2 aromatic rings. The number of carbonyl (C=O) groups is 2. The maximum Gasteiger partial charge on any atom is 0.277 e. The number of rotatable bonds is 2.